The zero-order valence-corrected chi connectivity index (χ0v) is 14.4. The molecule has 1 N–H and O–H groups in total. The van der Waals surface area contributed by atoms with Crippen LogP contribution in [0.5, 0.6) is 0 Å². The minimum Gasteiger partial charge on any atom is -0.349 e. The molecule has 128 valence electrons. The Morgan fingerprint density at radius 1 is 1.25 bits per heavy atom. The number of carbonyl (C=O) groups is 1. The van der Waals surface area contributed by atoms with Gasteiger partial charge in [-0.1, -0.05) is 0 Å². The molecule has 6 heteroatoms. The summed E-state index contributed by atoms with van der Waals surface area (Å²) in [5, 5.41) is 11.8. The van der Waals surface area contributed by atoms with Crippen molar-refractivity contribution in [2.24, 2.45) is 0 Å². The molecule has 1 aliphatic carbocycles. The van der Waals surface area contributed by atoms with E-state index in [0.717, 1.165) is 43.8 Å². The molecule has 4 rings (SSSR count). The first-order valence-corrected chi connectivity index (χ1v) is 9.01. The van der Waals surface area contributed by atoms with Gasteiger partial charge in [-0.2, -0.15) is 0 Å². The minimum atomic E-state index is 0.0106. The van der Waals surface area contributed by atoms with E-state index in [-0.39, 0.29) is 5.91 Å². The van der Waals surface area contributed by atoms with Crippen molar-refractivity contribution >= 4 is 11.6 Å². The lowest BCUT2D eigenvalue weighted by Gasteiger charge is -2.26. The van der Waals surface area contributed by atoms with Crippen molar-refractivity contribution < 1.29 is 4.79 Å². The van der Waals surface area contributed by atoms with Gasteiger partial charge in [0.1, 0.15) is 5.82 Å². The number of rotatable bonds is 4. The third-order valence-corrected chi connectivity index (χ3v) is 5.45. The van der Waals surface area contributed by atoms with Crippen LogP contribution in [0.15, 0.2) is 18.3 Å². The van der Waals surface area contributed by atoms with Gasteiger partial charge in [0.25, 0.3) is 5.91 Å². The van der Waals surface area contributed by atoms with Crippen molar-refractivity contribution in [3.05, 3.63) is 29.7 Å². The van der Waals surface area contributed by atoms with E-state index in [2.05, 4.69) is 34.3 Å². The zero-order chi connectivity index (χ0) is 16.7. The Morgan fingerprint density at radius 2 is 2.08 bits per heavy atom. The standard InChI is InChI=1S/C18H25N5O/c1-12(2)22-9-8-13(10-22)17-21-20-16-7-6-14(11-23(16)17)18(24)19-15-4-3-5-15/h6-7,11-13,15H,3-5,8-10H2,1-2H3,(H,19,24). The molecule has 2 fully saturated rings. The van der Waals surface area contributed by atoms with E-state index in [1.54, 1.807) is 0 Å². The highest BCUT2D eigenvalue weighted by atomic mass is 16.1. The lowest BCUT2D eigenvalue weighted by atomic mass is 9.93. The van der Waals surface area contributed by atoms with Crippen LogP contribution in [0.2, 0.25) is 0 Å². The highest BCUT2D eigenvalue weighted by molar-refractivity contribution is 5.94. The summed E-state index contributed by atoms with van der Waals surface area (Å²) in [6, 6.07) is 4.64. The lowest BCUT2D eigenvalue weighted by molar-refractivity contribution is 0.0916. The number of nitrogens with one attached hydrogen (secondary N) is 1. The van der Waals surface area contributed by atoms with Gasteiger partial charge in [0.15, 0.2) is 5.65 Å². The molecule has 2 aliphatic rings. The minimum absolute atomic E-state index is 0.0106. The van der Waals surface area contributed by atoms with Crippen LogP contribution >= 0.6 is 0 Å². The molecule has 0 aromatic carbocycles. The maximum absolute atomic E-state index is 12.4. The molecule has 0 radical (unpaired) electrons. The average molecular weight is 327 g/mol. The first-order valence-electron chi connectivity index (χ1n) is 9.01. The number of hydrogen-bond acceptors (Lipinski definition) is 4. The maximum Gasteiger partial charge on any atom is 0.252 e. The molecule has 24 heavy (non-hydrogen) atoms. The summed E-state index contributed by atoms with van der Waals surface area (Å²) in [7, 11) is 0. The summed E-state index contributed by atoms with van der Waals surface area (Å²) in [4.78, 5) is 14.9. The quantitative estimate of drug-likeness (QED) is 0.935. The largest absolute Gasteiger partial charge is 0.349 e. The smallest absolute Gasteiger partial charge is 0.252 e. The van der Waals surface area contributed by atoms with Crippen molar-refractivity contribution in [1.82, 2.24) is 24.8 Å². The van der Waals surface area contributed by atoms with Crippen molar-refractivity contribution in [3.8, 4) is 0 Å². The zero-order valence-electron chi connectivity index (χ0n) is 14.4. The van der Waals surface area contributed by atoms with Crippen LogP contribution in [0.25, 0.3) is 5.65 Å². The Labute approximate surface area is 142 Å². The SMILES string of the molecule is CC(C)N1CCC(c2nnc3ccc(C(=O)NC4CCC4)cn23)C1. The number of aromatic nitrogens is 3. The molecule has 0 spiro atoms. The molecule has 0 bridgehead atoms. The van der Waals surface area contributed by atoms with Crippen LogP contribution in [0, 0.1) is 0 Å². The number of pyridine rings is 1. The molecule has 6 nitrogen and oxygen atoms in total. The fraction of sp³-hybridized carbons (Fsp3) is 0.611. The van der Waals surface area contributed by atoms with Crippen LogP contribution < -0.4 is 5.32 Å². The topological polar surface area (TPSA) is 62.5 Å². The van der Waals surface area contributed by atoms with E-state index in [1.165, 1.54) is 6.42 Å². The summed E-state index contributed by atoms with van der Waals surface area (Å²) in [5.74, 6) is 1.37. The van der Waals surface area contributed by atoms with Crippen molar-refractivity contribution in [2.75, 3.05) is 13.1 Å². The van der Waals surface area contributed by atoms with Gasteiger partial charge in [-0.15, -0.1) is 10.2 Å². The van der Waals surface area contributed by atoms with Crippen molar-refractivity contribution in [1.29, 1.82) is 0 Å². The van der Waals surface area contributed by atoms with Gasteiger partial charge >= 0.3 is 0 Å². The van der Waals surface area contributed by atoms with Crippen LogP contribution in [-0.4, -0.2) is 50.6 Å². The van der Waals surface area contributed by atoms with Gasteiger partial charge in [-0.25, -0.2) is 0 Å². The van der Waals surface area contributed by atoms with Gasteiger partial charge < -0.3 is 10.2 Å². The summed E-state index contributed by atoms with van der Waals surface area (Å²) in [5.41, 5.74) is 1.50. The number of fused-ring (bicyclic) bond motifs is 1. The summed E-state index contributed by atoms with van der Waals surface area (Å²) in [6.07, 6.45) is 6.40. The lowest BCUT2D eigenvalue weighted by Crippen LogP contribution is -2.39. The van der Waals surface area contributed by atoms with E-state index >= 15 is 0 Å². The third kappa shape index (κ3) is 2.79. The van der Waals surface area contributed by atoms with Gasteiger partial charge in [-0.3, -0.25) is 9.20 Å². The second-order valence-corrected chi connectivity index (χ2v) is 7.38. The molecular formula is C18H25N5O. The first kappa shape index (κ1) is 15.6. The monoisotopic (exact) mass is 327 g/mol. The Hall–Kier alpha value is -1.95. The Morgan fingerprint density at radius 3 is 2.75 bits per heavy atom. The predicted octanol–water partition coefficient (Wildman–Crippen LogP) is 2.21. The number of hydrogen-bond donors (Lipinski definition) is 1. The van der Waals surface area contributed by atoms with Gasteiger partial charge in [0.2, 0.25) is 0 Å². The average Bonchev–Trinajstić information content (AvgIpc) is 3.16. The highest BCUT2D eigenvalue weighted by Gasteiger charge is 2.29. The second kappa shape index (κ2) is 6.16. The Balaban J connectivity index is 1.58. The van der Waals surface area contributed by atoms with Crippen molar-refractivity contribution in [3.63, 3.8) is 0 Å². The molecule has 1 saturated heterocycles. The van der Waals surface area contributed by atoms with Gasteiger partial charge in [0.05, 0.1) is 5.56 Å². The molecule has 3 heterocycles. The second-order valence-electron chi connectivity index (χ2n) is 7.38. The summed E-state index contributed by atoms with van der Waals surface area (Å²) in [6.45, 7) is 6.57. The van der Waals surface area contributed by atoms with Crippen LogP contribution in [0.1, 0.15) is 61.6 Å². The van der Waals surface area contributed by atoms with E-state index in [0.29, 0.717) is 23.6 Å². The number of amides is 1. The predicted molar refractivity (Wildman–Crippen MR) is 92.2 cm³/mol. The molecule has 2 aromatic heterocycles. The normalized spacial score (nSPS) is 22.2. The van der Waals surface area contributed by atoms with E-state index < -0.39 is 0 Å². The number of carbonyl (C=O) groups excluding carboxylic acids is 1. The molecule has 2 aromatic rings. The van der Waals surface area contributed by atoms with Gasteiger partial charge in [0, 0.05) is 30.7 Å². The molecule has 1 aliphatic heterocycles. The molecule has 1 amide bonds. The number of likely N-dealkylation sites (tertiary alicyclic amines) is 1. The van der Waals surface area contributed by atoms with E-state index in [4.69, 9.17) is 0 Å². The van der Waals surface area contributed by atoms with Crippen LogP contribution in [0.3, 0.4) is 0 Å². The molecule has 1 unspecified atom stereocenters. The Kier molecular flexibility index (Phi) is 4.00. The molecule has 1 saturated carbocycles. The summed E-state index contributed by atoms with van der Waals surface area (Å²) < 4.78 is 2.00. The van der Waals surface area contributed by atoms with Gasteiger partial charge in [-0.05, 0) is 58.2 Å². The van der Waals surface area contributed by atoms with E-state index in [1.807, 2.05) is 22.7 Å². The summed E-state index contributed by atoms with van der Waals surface area (Å²) >= 11 is 0. The molecular weight excluding hydrogens is 302 g/mol. The number of nitrogens with zero attached hydrogens (tertiary/aromatic N) is 4. The molecule has 1 atom stereocenters. The maximum atomic E-state index is 12.4. The third-order valence-electron chi connectivity index (χ3n) is 5.45. The van der Waals surface area contributed by atoms with Crippen molar-refractivity contribution in [2.45, 2.75) is 57.5 Å². The Bertz CT molecular complexity index is 749. The fourth-order valence-electron chi connectivity index (χ4n) is 3.61. The van der Waals surface area contributed by atoms with Crippen LogP contribution in [0.4, 0.5) is 0 Å². The highest BCUT2D eigenvalue weighted by Crippen LogP contribution is 2.27. The fourth-order valence-corrected chi connectivity index (χ4v) is 3.61. The first-order chi connectivity index (χ1) is 11.6. The van der Waals surface area contributed by atoms with E-state index in [9.17, 15) is 4.79 Å². The van der Waals surface area contributed by atoms with Crippen LogP contribution in [-0.2, 0) is 0 Å².